The van der Waals surface area contributed by atoms with E-state index in [4.69, 9.17) is 9.84 Å². The number of hydrogen-bond acceptors (Lipinski definition) is 2. The van der Waals surface area contributed by atoms with E-state index in [1.54, 1.807) is 0 Å². The van der Waals surface area contributed by atoms with Gasteiger partial charge in [0.25, 0.3) is 0 Å². The quantitative estimate of drug-likeness (QED) is 0.750. The highest BCUT2D eigenvalue weighted by Gasteiger charge is 2.03. The van der Waals surface area contributed by atoms with Crippen LogP contribution in [0.1, 0.15) is 25.7 Å². The Morgan fingerprint density at radius 3 is 2.59 bits per heavy atom. The largest absolute Gasteiger partial charge is 0.493 e. The zero-order valence-electron chi connectivity index (χ0n) is 9.29. The van der Waals surface area contributed by atoms with E-state index in [0.717, 1.165) is 18.6 Å². The standard InChI is InChI=1S/C12H14F2O3/c13-10-6-5-9(8-11(10)14)17-7-3-1-2-4-12(15)16/h5-6,8H,1-4,7H2,(H,15,16). The average Bonchev–Trinajstić information content (AvgIpc) is 2.27. The van der Waals surface area contributed by atoms with Crippen molar-refractivity contribution in [3.63, 3.8) is 0 Å². The second-order valence-electron chi connectivity index (χ2n) is 3.63. The number of rotatable bonds is 7. The smallest absolute Gasteiger partial charge is 0.303 e. The Kier molecular flexibility index (Phi) is 5.39. The van der Waals surface area contributed by atoms with Gasteiger partial charge in [0.15, 0.2) is 11.6 Å². The average molecular weight is 244 g/mol. The summed E-state index contributed by atoms with van der Waals surface area (Å²) in [6.45, 7) is 0.366. The maximum absolute atomic E-state index is 12.8. The Labute approximate surface area is 98.0 Å². The van der Waals surface area contributed by atoms with Crippen LogP contribution in [0.15, 0.2) is 18.2 Å². The molecule has 1 aromatic carbocycles. The zero-order valence-corrected chi connectivity index (χ0v) is 9.29. The summed E-state index contributed by atoms with van der Waals surface area (Å²) in [6, 6.07) is 3.36. The molecule has 0 fully saturated rings. The first-order valence-electron chi connectivity index (χ1n) is 5.39. The van der Waals surface area contributed by atoms with E-state index in [1.165, 1.54) is 6.07 Å². The van der Waals surface area contributed by atoms with Gasteiger partial charge < -0.3 is 9.84 Å². The summed E-state index contributed by atoms with van der Waals surface area (Å²) in [4.78, 5) is 10.2. The highest BCUT2D eigenvalue weighted by Crippen LogP contribution is 2.15. The molecule has 3 nitrogen and oxygen atoms in total. The Bertz CT molecular complexity index is 380. The van der Waals surface area contributed by atoms with E-state index in [1.807, 2.05) is 0 Å². The molecule has 0 unspecified atom stereocenters. The van der Waals surface area contributed by atoms with E-state index in [9.17, 15) is 13.6 Å². The fourth-order valence-corrected chi connectivity index (χ4v) is 1.31. The van der Waals surface area contributed by atoms with Crippen LogP contribution < -0.4 is 4.74 Å². The van der Waals surface area contributed by atoms with Crippen LogP contribution in [-0.2, 0) is 4.79 Å². The Hall–Kier alpha value is -1.65. The normalized spacial score (nSPS) is 10.2. The summed E-state index contributed by atoms with van der Waals surface area (Å²) in [7, 11) is 0. The number of ether oxygens (including phenoxy) is 1. The molecule has 0 saturated heterocycles. The molecule has 5 heteroatoms. The van der Waals surface area contributed by atoms with Crippen molar-refractivity contribution in [3.8, 4) is 5.75 Å². The van der Waals surface area contributed by atoms with Crippen LogP contribution in [0.25, 0.3) is 0 Å². The second kappa shape index (κ2) is 6.83. The third-order valence-corrected chi connectivity index (χ3v) is 2.19. The number of carboxylic acid groups (broad SMARTS) is 1. The summed E-state index contributed by atoms with van der Waals surface area (Å²) < 4.78 is 30.5. The van der Waals surface area contributed by atoms with Crippen molar-refractivity contribution in [1.82, 2.24) is 0 Å². The number of halogens is 2. The molecule has 1 N–H and O–H groups in total. The molecule has 94 valence electrons. The lowest BCUT2D eigenvalue weighted by Crippen LogP contribution is -1.99. The third-order valence-electron chi connectivity index (χ3n) is 2.19. The SMILES string of the molecule is O=C(O)CCCCCOc1ccc(F)c(F)c1. The van der Waals surface area contributed by atoms with Crippen molar-refractivity contribution in [2.45, 2.75) is 25.7 Å². The van der Waals surface area contributed by atoms with Gasteiger partial charge in [-0.2, -0.15) is 0 Å². The van der Waals surface area contributed by atoms with Gasteiger partial charge in [0.1, 0.15) is 5.75 Å². The molecule has 0 aromatic heterocycles. The summed E-state index contributed by atoms with van der Waals surface area (Å²) in [5, 5.41) is 8.40. The van der Waals surface area contributed by atoms with Crippen LogP contribution >= 0.6 is 0 Å². The van der Waals surface area contributed by atoms with Crippen molar-refractivity contribution in [1.29, 1.82) is 0 Å². The summed E-state index contributed by atoms with van der Waals surface area (Å²) in [5.74, 6) is -2.37. The number of carboxylic acids is 1. The number of benzene rings is 1. The van der Waals surface area contributed by atoms with Gasteiger partial charge in [-0.15, -0.1) is 0 Å². The van der Waals surface area contributed by atoms with Crippen LogP contribution in [0.4, 0.5) is 8.78 Å². The predicted octanol–water partition coefficient (Wildman–Crippen LogP) is 2.99. The molecule has 0 bridgehead atoms. The van der Waals surface area contributed by atoms with Crippen molar-refractivity contribution in [2.24, 2.45) is 0 Å². The van der Waals surface area contributed by atoms with Gasteiger partial charge >= 0.3 is 5.97 Å². The fourth-order valence-electron chi connectivity index (χ4n) is 1.31. The number of unbranched alkanes of at least 4 members (excludes halogenated alkanes) is 2. The first-order valence-corrected chi connectivity index (χ1v) is 5.39. The van der Waals surface area contributed by atoms with Crippen LogP contribution in [0.3, 0.4) is 0 Å². The number of carbonyl (C=O) groups is 1. The van der Waals surface area contributed by atoms with Crippen molar-refractivity contribution in [2.75, 3.05) is 6.61 Å². The van der Waals surface area contributed by atoms with E-state index in [-0.39, 0.29) is 12.2 Å². The Morgan fingerprint density at radius 1 is 1.18 bits per heavy atom. The van der Waals surface area contributed by atoms with Gasteiger partial charge in [0.05, 0.1) is 6.61 Å². The highest BCUT2D eigenvalue weighted by molar-refractivity contribution is 5.66. The summed E-state index contributed by atoms with van der Waals surface area (Å²) in [5.41, 5.74) is 0. The minimum Gasteiger partial charge on any atom is -0.493 e. The highest BCUT2D eigenvalue weighted by atomic mass is 19.2. The maximum atomic E-state index is 12.8. The van der Waals surface area contributed by atoms with Gasteiger partial charge in [0, 0.05) is 12.5 Å². The fraction of sp³-hybridized carbons (Fsp3) is 0.417. The van der Waals surface area contributed by atoms with E-state index in [2.05, 4.69) is 0 Å². The lowest BCUT2D eigenvalue weighted by molar-refractivity contribution is -0.137. The van der Waals surface area contributed by atoms with Crippen molar-refractivity contribution >= 4 is 5.97 Å². The first-order chi connectivity index (χ1) is 8.09. The molecule has 0 radical (unpaired) electrons. The topological polar surface area (TPSA) is 46.5 Å². The predicted molar refractivity (Wildman–Crippen MR) is 58.0 cm³/mol. The molecule has 0 amide bonds. The molecule has 1 aromatic rings. The van der Waals surface area contributed by atoms with E-state index >= 15 is 0 Å². The molecular formula is C12H14F2O3. The summed E-state index contributed by atoms with van der Waals surface area (Å²) >= 11 is 0. The molecule has 0 spiro atoms. The van der Waals surface area contributed by atoms with E-state index in [0.29, 0.717) is 19.4 Å². The molecule has 0 atom stereocenters. The molecule has 0 aliphatic rings. The number of hydrogen-bond donors (Lipinski definition) is 1. The lowest BCUT2D eigenvalue weighted by atomic mass is 10.2. The van der Waals surface area contributed by atoms with Crippen LogP contribution in [0.2, 0.25) is 0 Å². The van der Waals surface area contributed by atoms with Gasteiger partial charge in [0.2, 0.25) is 0 Å². The molecule has 1 rings (SSSR count). The van der Waals surface area contributed by atoms with E-state index < -0.39 is 17.6 Å². The lowest BCUT2D eigenvalue weighted by Gasteiger charge is -2.05. The third kappa shape index (κ3) is 5.29. The van der Waals surface area contributed by atoms with Gasteiger partial charge in [-0.05, 0) is 31.4 Å². The zero-order chi connectivity index (χ0) is 12.7. The first kappa shape index (κ1) is 13.4. The van der Waals surface area contributed by atoms with Crippen molar-refractivity contribution < 1.29 is 23.4 Å². The van der Waals surface area contributed by atoms with Gasteiger partial charge in [-0.25, -0.2) is 8.78 Å². The molecule has 0 heterocycles. The second-order valence-corrected chi connectivity index (χ2v) is 3.63. The molecule has 17 heavy (non-hydrogen) atoms. The van der Waals surface area contributed by atoms with Gasteiger partial charge in [-0.1, -0.05) is 0 Å². The Balaban J connectivity index is 2.18. The molecular weight excluding hydrogens is 230 g/mol. The van der Waals surface area contributed by atoms with Crippen LogP contribution in [0.5, 0.6) is 5.75 Å². The van der Waals surface area contributed by atoms with Crippen molar-refractivity contribution in [3.05, 3.63) is 29.8 Å². The molecule has 0 aliphatic carbocycles. The molecule has 0 aliphatic heterocycles. The van der Waals surface area contributed by atoms with Crippen LogP contribution in [-0.4, -0.2) is 17.7 Å². The Morgan fingerprint density at radius 2 is 1.94 bits per heavy atom. The maximum Gasteiger partial charge on any atom is 0.303 e. The minimum atomic E-state index is -0.937. The van der Waals surface area contributed by atoms with Gasteiger partial charge in [-0.3, -0.25) is 4.79 Å². The minimum absolute atomic E-state index is 0.144. The number of aliphatic carboxylic acids is 1. The van der Waals surface area contributed by atoms with Crippen LogP contribution in [0, 0.1) is 11.6 Å². The summed E-state index contributed by atoms with van der Waals surface area (Å²) in [6.07, 6.45) is 2.16. The monoisotopic (exact) mass is 244 g/mol. The molecule has 0 saturated carbocycles.